The van der Waals surface area contributed by atoms with Gasteiger partial charge in [0, 0.05) is 5.56 Å². The van der Waals surface area contributed by atoms with Gasteiger partial charge in [-0.2, -0.15) is 0 Å². The van der Waals surface area contributed by atoms with Crippen LogP contribution in [-0.2, 0) is 16.1 Å². The van der Waals surface area contributed by atoms with Crippen LogP contribution in [0.2, 0.25) is 0 Å². The molecule has 0 aliphatic rings. The zero-order valence-electron chi connectivity index (χ0n) is 19.1. The first-order chi connectivity index (χ1) is 13.8. The lowest BCUT2D eigenvalue weighted by Crippen LogP contribution is -2.10. The summed E-state index contributed by atoms with van der Waals surface area (Å²) in [6.07, 6.45) is 2.79. The van der Waals surface area contributed by atoms with Gasteiger partial charge in [0.25, 0.3) is 0 Å². The second-order valence-corrected chi connectivity index (χ2v) is 8.59. The Bertz CT molecular complexity index is 794. The van der Waals surface area contributed by atoms with Crippen molar-refractivity contribution in [3.8, 4) is 12.0 Å². The molecule has 0 spiro atoms. The van der Waals surface area contributed by atoms with Crippen molar-refractivity contribution in [2.75, 3.05) is 6.61 Å². The highest BCUT2D eigenvalue weighted by molar-refractivity contribution is 5.45. The van der Waals surface area contributed by atoms with Gasteiger partial charge in [0.2, 0.25) is 0 Å². The Morgan fingerprint density at radius 3 is 1.90 bits per heavy atom. The highest BCUT2D eigenvalue weighted by Crippen LogP contribution is 2.36. The largest absolute Gasteiger partial charge is 0.439 e. The van der Waals surface area contributed by atoms with Crippen LogP contribution in [0.5, 0.6) is 0 Å². The van der Waals surface area contributed by atoms with E-state index in [1.165, 1.54) is 22.3 Å². The summed E-state index contributed by atoms with van der Waals surface area (Å²) < 4.78 is 11.5. The molecular formula is C27H36O2. The Labute approximate surface area is 177 Å². The Kier molecular flexibility index (Phi) is 8.80. The van der Waals surface area contributed by atoms with E-state index in [2.05, 4.69) is 72.6 Å². The lowest BCUT2D eigenvalue weighted by molar-refractivity contribution is 0.150. The topological polar surface area (TPSA) is 18.5 Å². The van der Waals surface area contributed by atoms with Crippen LogP contribution in [0, 0.1) is 12.0 Å². The van der Waals surface area contributed by atoms with Gasteiger partial charge in [-0.25, -0.2) is 0 Å². The first-order valence-electron chi connectivity index (χ1n) is 10.7. The average molecular weight is 393 g/mol. The molecule has 0 N–H and O–H groups in total. The molecule has 2 aromatic carbocycles. The van der Waals surface area contributed by atoms with E-state index in [1.54, 1.807) is 0 Å². The summed E-state index contributed by atoms with van der Waals surface area (Å²) in [6, 6.07) is 14.8. The molecule has 0 saturated carbocycles. The van der Waals surface area contributed by atoms with Crippen molar-refractivity contribution in [1.29, 1.82) is 0 Å². The normalized spacial score (nSPS) is 12.2. The molecule has 2 nitrogen and oxygen atoms in total. The van der Waals surface area contributed by atoms with Gasteiger partial charge in [0.05, 0.1) is 6.61 Å². The molecule has 2 heteroatoms. The number of hydrogen-bond acceptors (Lipinski definition) is 2. The van der Waals surface area contributed by atoms with Crippen LogP contribution in [0.4, 0.5) is 0 Å². The molecule has 0 bridgehead atoms. The SMILES string of the molecule is CC(C)c1cc(C(C)C)c([C@@H](C)OC#CCOCc2ccccc2)c(C(C)C)c1. The maximum atomic E-state index is 5.92. The first-order valence-corrected chi connectivity index (χ1v) is 10.7. The molecule has 0 fully saturated rings. The van der Waals surface area contributed by atoms with Crippen LogP contribution in [0.25, 0.3) is 0 Å². The van der Waals surface area contributed by atoms with Crippen LogP contribution < -0.4 is 0 Å². The highest BCUT2D eigenvalue weighted by Gasteiger charge is 2.21. The highest BCUT2D eigenvalue weighted by atomic mass is 16.5. The monoisotopic (exact) mass is 392 g/mol. The molecule has 0 aliphatic carbocycles. The van der Waals surface area contributed by atoms with Crippen molar-refractivity contribution < 1.29 is 9.47 Å². The van der Waals surface area contributed by atoms with E-state index in [9.17, 15) is 0 Å². The van der Waals surface area contributed by atoms with Crippen molar-refractivity contribution in [3.05, 3.63) is 70.3 Å². The van der Waals surface area contributed by atoms with E-state index in [1.807, 2.05) is 30.3 Å². The van der Waals surface area contributed by atoms with Gasteiger partial charge in [0.15, 0.2) is 0 Å². The Balaban J connectivity index is 2.10. The molecule has 1 atom stereocenters. The van der Waals surface area contributed by atoms with E-state index in [-0.39, 0.29) is 6.10 Å². The van der Waals surface area contributed by atoms with Gasteiger partial charge < -0.3 is 9.47 Å². The minimum Gasteiger partial charge on any atom is -0.439 e. The summed E-state index contributed by atoms with van der Waals surface area (Å²) in [5.74, 6) is 4.38. The summed E-state index contributed by atoms with van der Waals surface area (Å²) in [5.41, 5.74) is 6.58. The summed E-state index contributed by atoms with van der Waals surface area (Å²) in [6.45, 7) is 16.5. The van der Waals surface area contributed by atoms with Gasteiger partial charge in [-0.15, -0.1) is 0 Å². The van der Waals surface area contributed by atoms with Crippen molar-refractivity contribution in [1.82, 2.24) is 0 Å². The van der Waals surface area contributed by atoms with E-state index in [4.69, 9.17) is 9.47 Å². The standard InChI is InChI=1S/C27H36O2/c1-19(2)24-16-25(20(3)4)27(26(17-24)21(5)6)22(7)29-15-11-14-28-18-23-12-9-8-10-13-23/h8-10,12-13,16-17,19-22H,14,18H2,1-7H3/t22-/m1/s1. The lowest BCUT2D eigenvalue weighted by Gasteiger charge is -2.25. The minimum atomic E-state index is -0.0763. The molecule has 0 heterocycles. The molecule has 2 rings (SSSR count). The summed E-state index contributed by atoms with van der Waals surface area (Å²) in [4.78, 5) is 0. The molecule has 0 amide bonds. The minimum absolute atomic E-state index is 0.0763. The van der Waals surface area contributed by atoms with Crippen molar-refractivity contribution >= 4 is 0 Å². The fourth-order valence-corrected chi connectivity index (χ4v) is 3.49. The van der Waals surface area contributed by atoms with Gasteiger partial charge in [-0.1, -0.05) is 84.0 Å². The van der Waals surface area contributed by atoms with E-state index in [0.29, 0.717) is 31.0 Å². The second kappa shape index (κ2) is 11.1. The average Bonchev–Trinajstić information content (AvgIpc) is 2.69. The number of rotatable bonds is 8. The van der Waals surface area contributed by atoms with Gasteiger partial charge >= 0.3 is 0 Å². The van der Waals surface area contributed by atoms with Crippen LogP contribution >= 0.6 is 0 Å². The van der Waals surface area contributed by atoms with Crippen LogP contribution in [0.15, 0.2) is 42.5 Å². The summed E-state index contributed by atoms with van der Waals surface area (Å²) >= 11 is 0. The van der Waals surface area contributed by atoms with Crippen molar-refractivity contribution in [2.24, 2.45) is 0 Å². The third kappa shape index (κ3) is 6.65. The molecular weight excluding hydrogens is 356 g/mol. The zero-order chi connectivity index (χ0) is 21.4. The predicted molar refractivity (Wildman–Crippen MR) is 122 cm³/mol. The van der Waals surface area contributed by atoms with E-state index >= 15 is 0 Å². The van der Waals surface area contributed by atoms with Crippen molar-refractivity contribution in [2.45, 2.75) is 78.9 Å². The third-order valence-electron chi connectivity index (χ3n) is 5.18. The van der Waals surface area contributed by atoms with E-state index in [0.717, 1.165) is 5.56 Å². The lowest BCUT2D eigenvalue weighted by atomic mass is 9.82. The fourth-order valence-electron chi connectivity index (χ4n) is 3.49. The second-order valence-electron chi connectivity index (χ2n) is 8.59. The smallest absolute Gasteiger partial charge is 0.133 e. The Morgan fingerprint density at radius 2 is 1.38 bits per heavy atom. The van der Waals surface area contributed by atoms with Gasteiger partial charge in [-0.3, -0.25) is 0 Å². The number of benzene rings is 2. The molecule has 0 aromatic heterocycles. The fraction of sp³-hybridized carbons (Fsp3) is 0.481. The molecule has 2 aromatic rings. The maximum absolute atomic E-state index is 5.92. The zero-order valence-corrected chi connectivity index (χ0v) is 19.1. The van der Waals surface area contributed by atoms with Crippen LogP contribution in [0.1, 0.15) is 100 Å². The Morgan fingerprint density at radius 1 is 0.793 bits per heavy atom. The van der Waals surface area contributed by atoms with Gasteiger partial charge in [0.1, 0.15) is 18.8 Å². The molecule has 156 valence electrons. The maximum Gasteiger partial charge on any atom is 0.133 e. The summed E-state index contributed by atoms with van der Waals surface area (Å²) in [5, 5.41) is 0. The number of ether oxygens (including phenoxy) is 2. The van der Waals surface area contributed by atoms with Crippen molar-refractivity contribution in [3.63, 3.8) is 0 Å². The first kappa shape index (κ1) is 23.0. The predicted octanol–water partition coefficient (Wildman–Crippen LogP) is 7.31. The van der Waals surface area contributed by atoms with Crippen LogP contribution in [-0.4, -0.2) is 6.61 Å². The molecule has 0 saturated heterocycles. The third-order valence-corrected chi connectivity index (χ3v) is 5.18. The molecule has 0 unspecified atom stereocenters. The quantitative estimate of drug-likeness (QED) is 0.346. The molecule has 0 aliphatic heterocycles. The van der Waals surface area contributed by atoms with Gasteiger partial charge in [-0.05, 0) is 52.9 Å². The summed E-state index contributed by atoms with van der Waals surface area (Å²) in [7, 11) is 0. The van der Waals surface area contributed by atoms with E-state index < -0.39 is 0 Å². The molecule has 0 radical (unpaired) electrons. The number of hydrogen-bond donors (Lipinski definition) is 0. The Hall–Kier alpha value is -2.24. The van der Waals surface area contributed by atoms with Crippen LogP contribution in [0.3, 0.4) is 0 Å². The molecule has 29 heavy (non-hydrogen) atoms.